The summed E-state index contributed by atoms with van der Waals surface area (Å²) < 4.78 is 6.03. The number of para-hydroxylation sites is 3. The van der Waals surface area contributed by atoms with E-state index >= 15 is 0 Å². The van der Waals surface area contributed by atoms with Crippen molar-refractivity contribution in [2.45, 2.75) is 24.9 Å². The Labute approximate surface area is 159 Å². The highest BCUT2D eigenvalue weighted by atomic mass is 16.5. The van der Waals surface area contributed by atoms with Crippen LogP contribution in [0.1, 0.15) is 24.4 Å². The van der Waals surface area contributed by atoms with Gasteiger partial charge in [0.05, 0.1) is 5.69 Å². The molecule has 2 N–H and O–H groups in total. The van der Waals surface area contributed by atoms with Crippen molar-refractivity contribution in [2.75, 3.05) is 5.32 Å². The zero-order valence-corrected chi connectivity index (χ0v) is 15.0. The van der Waals surface area contributed by atoms with E-state index in [4.69, 9.17) is 4.74 Å². The zero-order chi connectivity index (χ0) is 18.5. The molecule has 1 aliphatic carbocycles. The maximum Gasteiger partial charge on any atom is 0.247 e. The molecule has 4 nitrogen and oxygen atoms in total. The van der Waals surface area contributed by atoms with Crippen molar-refractivity contribution in [3.05, 3.63) is 90.5 Å². The summed E-state index contributed by atoms with van der Waals surface area (Å²) in [6.07, 6.45) is 2.11. The minimum absolute atomic E-state index is 0.0155. The Morgan fingerprint density at radius 3 is 2.19 bits per heavy atom. The Morgan fingerprint density at radius 1 is 0.852 bits per heavy atom. The Kier molecular flexibility index (Phi) is 5.06. The van der Waals surface area contributed by atoms with Crippen LogP contribution < -0.4 is 15.4 Å². The van der Waals surface area contributed by atoms with Crippen LogP contribution in [0.15, 0.2) is 84.9 Å². The molecule has 3 aromatic carbocycles. The van der Waals surface area contributed by atoms with Crippen LogP contribution in [0.3, 0.4) is 0 Å². The second-order valence-electron chi connectivity index (χ2n) is 6.68. The van der Waals surface area contributed by atoms with E-state index in [0.717, 1.165) is 29.8 Å². The van der Waals surface area contributed by atoms with Gasteiger partial charge in [0.1, 0.15) is 11.8 Å². The lowest BCUT2D eigenvalue weighted by Crippen LogP contribution is -2.34. The topological polar surface area (TPSA) is 50.4 Å². The van der Waals surface area contributed by atoms with Crippen LogP contribution in [0.25, 0.3) is 0 Å². The van der Waals surface area contributed by atoms with Gasteiger partial charge in [0.15, 0.2) is 5.75 Å². The third-order valence-electron chi connectivity index (χ3n) is 4.48. The predicted octanol–water partition coefficient (Wildman–Crippen LogP) is 4.91. The largest absolute Gasteiger partial charge is 0.455 e. The Balaban J connectivity index is 1.60. The van der Waals surface area contributed by atoms with Gasteiger partial charge in [-0.2, -0.15) is 0 Å². The molecule has 4 rings (SSSR count). The third-order valence-corrected chi connectivity index (χ3v) is 4.48. The van der Waals surface area contributed by atoms with E-state index in [2.05, 4.69) is 10.6 Å². The summed E-state index contributed by atoms with van der Waals surface area (Å²) in [6, 6.07) is 26.9. The maximum absolute atomic E-state index is 12.9. The first-order valence-corrected chi connectivity index (χ1v) is 9.23. The van der Waals surface area contributed by atoms with Gasteiger partial charge in [-0.15, -0.1) is 0 Å². The van der Waals surface area contributed by atoms with Crippen LogP contribution in [0, 0.1) is 0 Å². The highest BCUT2D eigenvalue weighted by Crippen LogP contribution is 2.32. The molecule has 0 unspecified atom stereocenters. The first-order valence-electron chi connectivity index (χ1n) is 9.23. The fraction of sp³-hybridized carbons (Fsp3) is 0.174. The highest BCUT2D eigenvalue weighted by Gasteiger charge is 2.28. The summed E-state index contributed by atoms with van der Waals surface area (Å²) in [6.45, 7) is 0. The van der Waals surface area contributed by atoms with Gasteiger partial charge in [0, 0.05) is 6.04 Å². The molecule has 0 aliphatic heterocycles. The summed E-state index contributed by atoms with van der Waals surface area (Å²) in [7, 11) is 0. The van der Waals surface area contributed by atoms with E-state index in [0.29, 0.717) is 11.8 Å². The first kappa shape index (κ1) is 17.2. The van der Waals surface area contributed by atoms with Crippen molar-refractivity contribution < 1.29 is 9.53 Å². The molecule has 0 radical (unpaired) electrons. The van der Waals surface area contributed by atoms with Gasteiger partial charge < -0.3 is 15.4 Å². The molecule has 0 heterocycles. The predicted molar refractivity (Wildman–Crippen MR) is 107 cm³/mol. The van der Waals surface area contributed by atoms with Crippen LogP contribution in [-0.4, -0.2) is 11.9 Å². The number of nitrogens with one attached hydrogen (secondary N) is 2. The fourth-order valence-electron chi connectivity index (χ4n) is 2.90. The van der Waals surface area contributed by atoms with Crippen LogP contribution in [-0.2, 0) is 4.79 Å². The van der Waals surface area contributed by atoms with E-state index in [-0.39, 0.29) is 5.91 Å². The van der Waals surface area contributed by atoms with Gasteiger partial charge in [-0.25, -0.2) is 0 Å². The minimum Gasteiger partial charge on any atom is -0.455 e. The molecule has 1 aliphatic rings. The van der Waals surface area contributed by atoms with Crippen LogP contribution in [0.4, 0.5) is 5.69 Å². The maximum atomic E-state index is 12.9. The number of carbonyl (C=O) groups excluding carboxylic acids is 1. The Bertz CT molecular complexity index is 893. The molecule has 0 spiro atoms. The number of rotatable bonds is 7. The van der Waals surface area contributed by atoms with E-state index in [9.17, 15) is 4.79 Å². The number of hydrogen-bond acceptors (Lipinski definition) is 3. The Morgan fingerprint density at radius 2 is 1.48 bits per heavy atom. The monoisotopic (exact) mass is 358 g/mol. The Hall–Kier alpha value is -3.27. The van der Waals surface area contributed by atoms with Gasteiger partial charge in [-0.1, -0.05) is 60.7 Å². The number of benzene rings is 3. The van der Waals surface area contributed by atoms with Crippen LogP contribution >= 0.6 is 0 Å². The van der Waals surface area contributed by atoms with Gasteiger partial charge in [0.2, 0.25) is 5.91 Å². The summed E-state index contributed by atoms with van der Waals surface area (Å²) in [5.74, 6) is 1.42. The number of amides is 1. The van der Waals surface area contributed by atoms with Crippen molar-refractivity contribution in [1.29, 1.82) is 0 Å². The van der Waals surface area contributed by atoms with Crippen LogP contribution in [0.5, 0.6) is 11.5 Å². The molecule has 1 amide bonds. The lowest BCUT2D eigenvalue weighted by Gasteiger charge is -2.21. The van der Waals surface area contributed by atoms with E-state index < -0.39 is 6.04 Å². The van der Waals surface area contributed by atoms with Crippen molar-refractivity contribution in [3.8, 4) is 11.5 Å². The average molecular weight is 358 g/mol. The number of anilines is 1. The average Bonchev–Trinajstić information content (AvgIpc) is 3.52. The number of ether oxygens (including phenoxy) is 1. The lowest BCUT2D eigenvalue weighted by atomic mass is 10.1. The second kappa shape index (κ2) is 7.96. The summed E-state index contributed by atoms with van der Waals surface area (Å²) >= 11 is 0. The second-order valence-corrected chi connectivity index (χ2v) is 6.68. The van der Waals surface area contributed by atoms with Gasteiger partial charge in [0.25, 0.3) is 0 Å². The molecule has 0 aromatic heterocycles. The highest BCUT2D eigenvalue weighted by molar-refractivity contribution is 5.87. The minimum atomic E-state index is -0.479. The van der Waals surface area contributed by atoms with Crippen molar-refractivity contribution in [3.63, 3.8) is 0 Å². The quantitative estimate of drug-likeness (QED) is 0.631. The molecule has 1 atom stereocenters. The molecular weight excluding hydrogens is 336 g/mol. The zero-order valence-electron chi connectivity index (χ0n) is 15.0. The smallest absolute Gasteiger partial charge is 0.247 e. The van der Waals surface area contributed by atoms with Gasteiger partial charge >= 0.3 is 0 Å². The van der Waals surface area contributed by atoms with E-state index in [1.54, 1.807) is 0 Å². The van der Waals surface area contributed by atoms with E-state index in [1.165, 1.54) is 0 Å². The van der Waals surface area contributed by atoms with Gasteiger partial charge in [-0.05, 0) is 42.7 Å². The fourth-order valence-corrected chi connectivity index (χ4v) is 2.90. The lowest BCUT2D eigenvalue weighted by molar-refractivity contribution is -0.122. The van der Waals surface area contributed by atoms with E-state index in [1.807, 2.05) is 84.9 Å². The molecule has 27 heavy (non-hydrogen) atoms. The molecule has 0 bridgehead atoms. The molecular formula is C23H22N2O2. The molecule has 0 saturated heterocycles. The van der Waals surface area contributed by atoms with Gasteiger partial charge in [-0.3, -0.25) is 4.79 Å². The molecule has 1 saturated carbocycles. The molecule has 1 fully saturated rings. The first-order chi connectivity index (χ1) is 13.3. The molecule has 3 aromatic rings. The summed E-state index contributed by atoms with van der Waals surface area (Å²) in [5.41, 5.74) is 1.70. The van der Waals surface area contributed by atoms with Crippen molar-refractivity contribution in [1.82, 2.24) is 5.32 Å². The van der Waals surface area contributed by atoms with Crippen LogP contribution in [0.2, 0.25) is 0 Å². The third kappa shape index (κ3) is 4.47. The summed E-state index contributed by atoms with van der Waals surface area (Å²) in [4.78, 5) is 12.9. The SMILES string of the molecule is O=C(NC1CC1)[C@@H](Nc1ccccc1Oc1ccccc1)c1ccccc1. The number of hydrogen-bond donors (Lipinski definition) is 2. The standard InChI is InChI=1S/C23H22N2O2/c26-23(24-18-15-16-18)22(17-9-3-1-4-10-17)25-20-13-7-8-14-21(20)27-19-11-5-2-6-12-19/h1-14,18,22,25H,15-16H2,(H,24,26)/t22-/m0/s1. The number of carbonyl (C=O) groups is 1. The van der Waals surface area contributed by atoms with Crippen molar-refractivity contribution >= 4 is 11.6 Å². The van der Waals surface area contributed by atoms with Crippen molar-refractivity contribution in [2.24, 2.45) is 0 Å². The summed E-state index contributed by atoms with van der Waals surface area (Å²) in [5, 5.41) is 6.48. The molecule has 136 valence electrons. The normalized spacial score (nSPS) is 14.2. The molecule has 4 heteroatoms.